The summed E-state index contributed by atoms with van der Waals surface area (Å²) in [6.45, 7) is 4.72. The van der Waals surface area contributed by atoms with Crippen molar-refractivity contribution in [3.63, 3.8) is 0 Å². The molecule has 1 unspecified atom stereocenters. The zero-order chi connectivity index (χ0) is 26.9. The molecular formula is C26H29FN4O7. The number of halogens is 1. The fourth-order valence-electron chi connectivity index (χ4n) is 6.74. The Balaban J connectivity index is 1.47. The molecule has 11 nitrogen and oxygen atoms in total. The molecule has 38 heavy (non-hydrogen) atoms. The number of nitrogens with one attached hydrogen (secondary N) is 1. The summed E-state index contributed by atoms with van der Waals surface area (Å²) in [5, 5.41) is 6.45. The van der Waals surface area contributed by atoms with E-state index in [0.29, 0.717) is 31.5 Å². The van der Waals surface area contributed by atoms with Gasteiger partial charge in [0.15, 0.2) is 17.3 Å². The number of imide groups is 1. The summed E-state index contributed by atoms with van der Waals surface area (Å²) in [6, 6.07) is 0.768. The van der Waals surface area contributed by atoms with Crippen LogP contribution in [0.5, 0.6) is 0 Å². The predicted molar refractivity (Wildman–Crippen MR) is 130 cm³/mol. The minimum Gasteiger partial charge on any atom is -0.381 e. The lowest BCUT2D eigenvalue weighted by Gasteiger charge is -2.55. The first-order chi connectivity index (χ1) is 18.1. The van der Waals surface area contributed by atoms with Crippen molar-refractivity contribution in [2.75, 3.05) is 31.6 Å². The second-order valence-electron chi connectivity index (χ2n) is 10.7. The van der Waals surface area contributed by atoms with Crippen LogP contribution in [0.1, 0.15) is 49.2 Å². The monoisotopic (exact) mass is 528 g/mol. The average Bonchev–Trinajstić information content (AvgIpc) is 3.30. The van der Waals surface area contributed by atoms with Gasteiger partial charge in [0.25, 0.3) is 5.91 Å². The van der Waals surface area contributed by atoms with E-state index in [4.69, 9.17) is 14.0 Å². The van der Waals surface area contributed by atoms with Crippen molar-refractivity contribution >= 4 is 40.2 Å². The van der Waals surface area contributed by atoms with Gasteiger partial charge >= 0.3 is 0 Å². The third-order valence-corrected chi connectivity index (χ3v) is 8.44. The number of ketones is 1. The molecule has 1 aromatic heterocycles. The second kappa shape index (κ2) is 8.84. The molecular weight excluding hydrogens is 499 g/mol. The van der Waals surface area contributed by atoms with Crippen LogP contribution in [0.2, 0.25) is 0 Å². The van der Waals surface area contributed by atoms with Crippen molar-refractivity contribution in [3.05, 3.63) is 23.1 Å². The molecule has 0 bridgehead atoms. The summed E-state index contributed by atoms with van der Waals surface area (Å²) in [6.07, 6.45) is -0.0896. The smallest absolute Gasteiger partial charge is 0.276 e. The van der Waals surface area contributed by atoms with Crippen molar-refractivity contribution in [2.45, 2.75) is 63.9 Å². The molecule has 0 saturated carbocycles. The highest BCUT2D eigenvalue weighted by molar-refractivity contribution is 6.22. The number of carbonyl (C=O) groups is 4. The molecule has 5 heterocycles. The number of hydrogen-bond donors (Lipinski definition) is 1. The maximum absolute atomic E-state index is 16.2. The highest BCUT2D eigenvalue weighted by atomic mass is 19.1. The normalized spacial score (nSPS) is 30.0. The van der Waals surface area contributed by atoms with E-state index >= 15 is 4.39 Å². The number of likely N-dealkylation sites (tertiary alicyclic amines) is 1. The fraction of sp³-hybridized carbons (Fsp3) is 0.577. The summed E-state index contributed by atoms with van der Waals surface area (Å²) < 4.78 is 33.0. The van der Waals surface area contributed by atoms with Crippen LogP contribution in [0.3, 0.4) is 0 Å². The van der Waals surface area contributed by atoms with E-state index in [1.54, 1.807) is 29.9 Å². The number of morpholine rings is 1. The van der Waals surface area contributed by atoms with Crippen molar-refractivity contribution in [1.82, 2.24) is 15.4 Å². The zero-order valence-corrected chi connectivity index (χ0v) is 21.4. The fourth-order valence-corrected chi connectivity index (χ4v) is 6.74. The quantitative estimate of drug-likeness (QED) is 0.453. The Labute approximate surface area is 217 Å². The summed E-state index contributed by atoms with van der Waals surface area (Å²) in [4.78, 5) is 55.6. The van der Waals surface area contributed by atoms with E-state index in [0.717, 1.165) is 0 Å². The van der Waals surface area contributed by atoms with E-state index in [1.807, 2.05) is 6.92 Å². The van der Waals surface area contributed by atoms with E-state index in [2.05, 4.69) is 10.5 Å². The maximum atomic E-state index is 16.2. The van der Waals surface area contributed by atoms with Gasteiger partial charge in [-0.25, -0.2) is 4.39 Å². The van der Waals surface area contributed by atoms with Crippen LogP contribution >= 0.6 is 0 Å². The number of benzene rings is 1. The van der Waals surface area contributed by atoms with Gasteiger partial charge in [0.1, 0.15) is 5.41 Å². The number of carbonyl (C=O) groups excluding carboxylic acids is 4. The molecule has 0 aliphatic carbocycles. The minimum atomic E-state index is -1.65. The number of hydrogen-bond acceptors (Lipinski definition) is 9. The van der Waals surface area contributed by atoms with Crippen molar-refractivity contribution in [1.29, 1.82) is 0 Å². The SMILES string of the molecule is COC1CCN(C(=O)c2noc3c(F)c4c(cc23)CC2(C(=O)CC(=O)NC2=O)[C@H]2[C@H](C)O[C@H](C)CN42)CC1. The first-order valence-corrected chi connectivity index (χ1v) is 12.9. The summed E-state index contributed by atoms with van der Waals surface area (Å²) >= 11 is 0. The molecule has 3 fully saturated rings. The lowest BCUT2D eigenvalue weighted by atomic mass is 9.63. The van der Waals surface area contributed by atoms with E-state index in [9.17, 15) is 19.2 Å². The Bertz CT molecular complexity index is 1350. The van der Waals surface area contributed by atoms with Crippen LogP contribution in [0.15, 0.2) is 10.6 Å². The minimum absolute atomic E-state index is 0.0212. The van der Waals surface area contributed by atoms with Crippen LogP contribution in [-0.2, 0) is 30.3 Å². The van der Waals surface area contributed by atoms with Gasteiger partial charge in [-0.15, -0.1) is 0 Å². The highest BCUT2D eigenvalue weighted by Crippen LogP contribution is 2.50. The van der Waals surface area contributed by atoms with E-state index in [-0.39, 0.29) is 53.4 Å². The number of aromatic nitrogens is 1. The van der Waals surface area contributed by atoms with Gasteiger partial charge in [0.2, 0.25) is 17.4 Å². The van der Waals surface area contributed by atoms with E-state index < -0.39 is 47.4 Å². The summed E-state index contributed by atoms with van der Waals surface area (Å²) in [5.41, 5.74) is -1.25. The number of fused-ring (bicyclic) bond motifs is 5. The zero-order valence-electron chi connectivity index (χ0n) is 21.4. The van der Waals surface area contributed by atoms with Gasteiger partial charge in [0.05, 0.1) is 41.8 Å². The molecule has 3 saturated heterocycles. The van der Waals surface area contributed by atoms with E-state index in [1.165, 1.54) is 0 Å². The van der Waals surface area contributed by atoms with Crippen molar-refractivity contribution < 1.29 is 37.6 Å². The number of nitrogens with zero attached hydrogens (tertiary/aromatic N) is 3. The third kappa shape index (κ3) is 3.49. The Morgan fingerprint density at radius 3 is 2.66 bits per heavy atom. The first-order valence-electron chi connectivity index (χ1n) is 12.9. The maximum Gasteiger partial charge on any atom is 0.276 e. The topological polar surface area (TPSA) is 131 Å². The number of Topliss-reactive ketones (excluding diaryl/α,β-unsaturated/α-hetero) is 1. The van der Waals surface area contributed by atoms with Gasteiger partial charge < -0.3 is 23.8 Å². The molecule has 3 amide bonds. The van der Waals surface area contributed by atoms with Gasteiger partial charge in [-0.05, 0) is 44.7 Å². The largest absolute Gasteiger partial charge is 0.381 e. The second-order valence-corrected chi connectivity index (χ2v) is 10.7. The number of rotatable bonds is 2. The molecule has 4 aliphatic heterocycles. The molecule has 12 heteroatoms. The number of methoxy groups -OCH3 is 1. The lowest BCUT2D eigenvalue weighted by Crippen LogP contribution is -2.72. The predicted octanol–water partition coefficient (Wildman–Crippen LogP) is 1.36. The molecule has 2 aromatic rings. The molecule has 1 aromatic carbocycles. The Morgan fingerprint density at radius 1 is 1.24 bits per heavy atom. The lowest BCUT2D eigenvalue weighted by molar-refractivity contribution is -0.158. The molecule has 202 valence electrons. The van der Waals surface area contributed by atoms with Gasteiger partial charge in [-0.3, -0.25) is 24.5 Å². The van der Waals surface area contributed by atoms with Crippen LogP contribution in [0, 0.1) is 11.2 Å². The number of anilines is 1. The van der Waals surface area contributed by atoms with Crippen LogP contribution in [0.25, 0.3) is 11.0 Å². The first kappa shape index (κ1) is 24.9. The van der Waals surface area contributed by atoms with Gasteiger partial charge in [-0.1, -0.05) is 5.16 Å². The Morgan fingerprint density at radius 2 is 1.97 bits per heavy atom. The molecule has 4 aliphatic rings. The molecule has 1 spiro atoms. The Kier molecular flexibility index (Phi) is 5.80. The van der Waals surface area contributed by atoms with Crippen LogP contribution < -0.4 is 10.2 Å². The standard InChI is InChI=1S/C26H29FN4O7/c1-12-11-31-21-14(10-26(23(31)13(2)37-12)17(32)9-18(33)28-25(26)35)8-16-20(29-38-22(16)19(21)27)24(34)30-6-4-15(36-3)5-7-30/h8,12-13,15,23H,4-7,9-11H2,1-3H3,(H,28,33,35)/t12-,13+,23-,26?/m1/s1. The number of amides is 3. The van der Waals surface area contributed by atoms with Crippen molar-refractivity contribution in [2.24, 2.45) is 5.41 Å². The molecule has 0 radical (unpaired) electrons. The van der Waals surface area contributed by atoms with Crippen LogP contribution in [0.4, 0.5) is 10.1 Å². The Hall–Kier alpha value is -3.38. The number of piperidine rings is 2. The highest BCUT2D eigenvalue weighted by Gasteiger charge is 2.62. The third-order valence-electron chi connectivity index (χ3n) is 8.44. The summed E-state index contributed by atoms with van der Waals surface area (Å²) in [5.74, 6) is -2.99. The summed E-state index contributed by atoms with van der Waals surface area (Å²) in [7, 11) is 1.64. The van der Waals surface area contributed by atoms with Crippen LogP contribution in [-0.4, -0.2) is 84.7 Å². The molecule has 6 rings (SSSR count). The average molecular weight is 529 g/mol. The van der Waals surface area contributed by atoms with Gasteiger partial charge in [0, 0.05) is 26.7 Å². The molecule has 1 N–H and O–H groups in total. The van der Waals surface area contributed by atoms with Crippen molar-refractivity contribution in [3.8, 4) is 0 Å². The molecule has 4 atom stereocenters. The number of ether oxygens (including phenoxy) is 2. The van der Waals surface area contributed by atoms with Gasteiger partial charge in [-0.2, -0.15) is 0 Å².